The first-order valence-corrected chi connectivity index (χ1v) is 18.9. The number of fused-ring (bicyclic) bond motifs is 8. The third-order valence-electron chi connectivity index (χ3n) is 11.6. The van der Waals surface area contributed by atoms with E-state index in [9.17, 15) is 0 Å². The van der Waals surface area contributed by atoms with Gasteiger partial charge in [-0.2, -0.15) is 0 Å². The summed E-state index contributed by atoms with van der Waals surface area (Å²) in [6.45, 7) is 0. The molecule has 1 aliphatic carbocycles. The second kappa shape index (κ2) is 12.5. The first kappa shape index (κ1) is 31.4. The molecule has 2 nitrogen and oxygen atoms in total. The monoisotopic (exact) mass is 701 g/mol. The highest BCUT2D eigenvalue weighted by atomic mass is 16.3. The van der Waals surface area contributed by atoms with Crippen molar-refractivity contribution in [2.24, 2.45) is 0 Å². The second-order valence-electron chi connectivity index (χ2n) is 14.4. The molecule has 0 spiro atoms. The summed E-state index contributed by atoms with van der Waals surface area (Å²) in [5, 5.41) is 4.60. The third kappa shape index (κ3) is 4.75. The van der Waals surface area contributed by atoms with Crippen molar-refractivity contribution in [1.29, 1.82) is 0 Å². The van der Waals surface area contributed by atoms with Gasteiger partial charge >= 0.3 is 0 Å². The molecule has 55 heavy (non-hydrogen) atoms. The quantitative estimate of drug-likeness (QED) is 0.172. The zero-order valence-corrected chi connectivity index (χ0v) is 30.1. The lowest BCUT2D eigenvalue weighted by Gasteiger charge is -2.35. The largest absolute Gasteiger partial charge is 0.456 e. The van der Waals surface area contributed by atoms with Gasteiger partial charge in [-0.05, 0) is 98.4 Å². The predicted octanol–water partition coefficient (Wildman–Crippen LogP) is 14.2. The molecule has 0 N–H and O–H groups in total. The molecule has 1 aromatic heterocycles. The Bertz CT molecular complexity index is 2980. The van der Waals surface area contributed by atoms with Crippen molar-refractivity contribution >= 4 is 49.8 Å². The molecule has 0 fully saturated rings. The van der Waals surface area contributed by atoms with E-state index in [0.717, 1.165) is 44.4 Å². The minimum absolute atomic E-state index is 0.506. The van der Waals surface area contributed by atoms with Crippen LogP contribution in [0.15, 0.2) is 217 Å². The molecule has 0 aliphatic heterocycles. The highest BCUT2D eigenvalue weighted by molar-refractivity contribution is 6.21. The Labute approximate surface area is 320 Å². The van der Waals surface area contributed by atoms with E-state index >= 15 is 0 Å². The van der Waals surface area contributed by atoms with Crippen molar-refractivity contribution in [2.75, 3.05) is 4.90 Å². The Morgan fingerprint density at radius 1 is 0.364 bits per heavy atom. The molecular weight excluding hydrogens is 667 g/mol. The summed E-state index contributed by atoms with van der Waals surface area (Å²) < 4.78 is 6.36. The number of nitrogens with zero attached hydrogens (tertiary/aromatic N) is 1. The maximum absolute atomic E-state index is 6.36. The number of rotatable bonds is 6. The Morgan fingerprint density at radius 2 is 0.964 bits per heavy atom. The van der Waals surface area contributed by atoms with Crippen molar-refractivity contribution in [3.8, 4) is 22.3 Å². The van der Waals surface area contributed by atoms with Gasteiger partial charge in [-0.25, -0.2) is 0 Å². The van der Waals surface area contributed by atoms with Crippen LogP contribution in [-0.4, -0.2) is 0 Å². The van der Waals surface area contributed by atoms with Gasteiger partial charge in [0, 0.05) is 27.5 Å². The SMILES string of the molecule is c1ccc(-c2ccc(N(c3ccc4c(c3)C(c3ccccc3)(c3ccccc3)c3ccccc3-4)c3cccc4c3ccc3oc5ccccc5c34)cc2)cc1. The molecule has 258 valence electrons. The summed E-state index contributed by atoms with van der Waals surface area (Å²) in [4.78, 5) is 2.44. The van der Waals surface area contributed by atoms with Gasteiger partial charge in [-0.15, -0.1) is 0 Å². The van der Waals surface area contributed by atoms with E-state index < -0.39 is 5.41 Å². The van der Waals surface area contributed by atoms with Crippen LogP contribution >= 0.6 is 0 Å². The number of furan rings is 1. The lowest BCUT2D eigenvalue weighted by atomic mass is 9.67. The maximum atomic E-state index is 6.36. The fraction of sp³-hybridized carbons (Fsp3) is 0.0189. The van der Waals surface area contributed by atoms with Crippen molar-refractivity contribution in [2.45, 2.75) is 5.41 Å². The lowest BCUT2D eigenvalue weighted by Crippen LogP contribution is -2.28. The standard InChI is InChI=1S/C53H35NO/c1-4-15-36(16-5-1)37-27-29-40(30-28-37)54(49-25-14-23-45-44(49)33-34-51-52(45)46-22-11-13-26-50(46)55-51)41-31-32-43-42-21-10-12-24-47(42)53(48(43)35-41,38-17-6-2-7-18-38)39-19-8-3-9-20-39/h1-35H. The van der Waals surface area contributed by atoms with Gasteiger partial charge in [0.15, 0.2) is 0 Å². The van der Waals surface area contributed by atoms with Gasteiger partial charge in [0.05, 0.1) is 11.1 Å². The molecule has 1 aliphatic rings. The molecule has 0 unspecified atom stereocenters. The van der Waals surface area contributed by atoms with Crippen LogP contribution in [0.1, 0.15) is 22.3 Å². The summed E-state index contributed by atoms with van der Waals surface area (Å²) in [5.74, 6) is 0. The number of anilines is 3. The molecule has 10 aromatic rings. The van der Waals surface area contributed by atoms with Gasteiger partial charge < -0.3 is 9.32 Å². The average Bonchev–Trinajstić information content (AvgIpc) is 3.79. The topological polar surface area (TPSA) is 16.4 Å². The Morgan fingerprint density at radius 3 is 1.73 bits per heavy atom. The van der Waals surface area contributed by atoms with Crippen molar-refractivity contribution < 1.29 is 4.42 Å². The minimum atomic E-state index is -0.506. The zero-order valence-electron chi connectivity index (χ0n) is 30.1. The highest BCUT2D eigenvalue weighted by Crippen LogP contribution is 2.57. The smallest absolute Gasteiger partial charge is 0.136 e. The molecule has 0 radical (unpaired) electrons. The van der Waals surface area contributed by atoms with E-state index in [1.54, 1.807) is 0 Å². The van der Waals surface area contributed by atoms with Crippen molar-refractivity contribution in [3.05, 3.63) is 235 Å². The van der Waals surface area contributed by atoms with Gasteiger partial charge in [0.25, 0.3) is 0 Å². The number of hydrogen-bond donors (Lipinski definition) is 0. The molecule has 9 aromatic carbocycles. The summed E-state index contributed by atoms with van der Waals surface area (Å²) in [6.07, 6.45) is 0. The van der Waals surface area contributed by atoms with Gasteiger partial charge in [-0.3, -0.25) is 0 Å². The van der Waals surface area contributed by atoms with E-state index in [2.05, 4.69) is 211 Å². The summed E-state index contributed by atoms with van der Waals surface area (Å²) >= 11 is 0. The normalized spacial score (nSPS) is 12.9. The first-order valence-electron chi connectivity index (χ1n) is 18.9. The molecule has 0 saturated heterocycles. The molecular formula is C53H35NO. The summed E-state index contributed by atoms with van der Waals surface area (Å²) in [6, 6.07) is 77.1. The lowest BCUT2D eigenvalue weighted by molar-refractivity contribution is 0.669. The summed E-state index contributed by atoms with van der Waals surface area (Å²) in [5.41, 5.74) is 14.6. The van der Waals surface area contributed by atoms with Gasteiger partial charge in [-0.1, -0.05) is 164 Å². The first-order chi connectivity index (χ1) is 27.3. The molecule has 0 atom stereocenters. The number of hydrogen-bond acceptors (Lipinski definition) is 2. The van der Waals surface area contributed by atoms with E-state index in [0.29, 0.717) is 0 Å². The molecule has 0 amide bonds. The molecule has 1 heterocycles. The van der Waals surface area contributed by atoms with Crippen LogP contribution in [0.25, 0.3) is 55.0 Å². The van der Waals surface area contributed by atoms with Gasteiger partial charge in [0.2, 0.25) is 0 Å². The van der Waals surface area contributed by atoms with E-state index in [1.807, 2.05) is 6.07 Å². The van der Waals surface area contributed by atoms with E-state index in [4.69, 9.17) is 4.42 Å². The minimum Gasteiger partial charge on any atom is -0.456 e. The average molecular weight is 702 g/mol. The van der Waals surface area contributed by atoms with E-state index in [1.165, 1.54) is 49.9 Å². The zero-order chi connectivity index (χ0) is 36.3. The van der Waals surface area contributed by atoms with Crippen LogP contribution in [0.5, 0.6) is 0 Å². The molecule has 0 saturated carbocycles. The van der Waals surface area contributed by atoms with Crippen LogP contribution in [-0.2, 0) is 5.41 Å². The van der Waals surface area contributed by atoms with Gasteiger partial charge in [0.1, 0.15) is 11.2 Å². The van der Waals surface area contributed by atoms with Crippen LogP contribution in [0, 0.1) is 0 Å². The number of para-hydroxylation sites is 1. The van der Waals surface area contributed by atoms with E-state index in [-0.39, 0.29) is 0 Å². The summed E-state index contributed by atoms with van der Waals surface area (Å²) in [7, 11) is 0. The Hall–Kier alpha value is -7.16. The highest BCUT2D eigenvalue weighted by Gasteiger charge is 2.46. The fourth-order valence-electron chi connectivity index (χ4n) is 9.19. The Kier molecular flexibility index (Phi) is 7.11. The third-order valence-corrected chi connectivity index (χ3v) is 11.6. The van der Waals surface area contributed by atoms with Crippen molar-refractivity contribution in [3.63, 3.8) is 0 Å². The Balaban J connectivity index is 1.19. The fourth-order valence-corrected chi connectivity index (χ4v) is 9.19. The molecule has 2 heteroatoms. The molecule has 11 rings (SSSR count). The van der Waals surface area contributed by atoms with Crippen LogP contribution in [0.3, 0.4) is 0 Å². The van der Waals surface area contributed by atoms with Crippen molar-refractivity contribution in [1.82, 2.24) is 0 Å². The van der Waals surface area contributed by atoms with Crippen LogP contribution in [0.2, 0.25) is 0 Å². The predicted molar refractivity (Wildman–Crippen MR) is 229 cm³/mol. The number of benzene rings is 9. The second-order valence-corrected chi connectivity index (χ2v) is 14.4. The van der Waals surface area contributed by atoms with Crippen LogP contribution < -0.4 is 4.90 Å². The molecule has 0 bridgehead atoms. The maximum Gasteiger partial charge on any atom is 0.136 e. The van der Waals surface area contributed by atoms with Crippen LogP contribution in [0.4, 0.5) is 17.1 Å².